The number of nitrogens with zero attached hydrogens (tertiary/aromatic N) is 1. The van der Waals surface area contributed by atoms with Crippen molar-refractivity contribution in [2.24, 2.45) is 0 Å². The van der Waals surface area contributed by atoms with Crippen LogP contribution in [0, 0.1) is 0 Å². The molecule has 0 N–H and O–H groups in total. The van der Waals surface area contributed by atoms with Crippen molar-refractivity contribution in [3.05, 3.63) is 36.4 Å². The minimum Gasteiger partial charge on any atom is -0.378 e. The van der Waals surface area contributed by atoms with Crippen molar-refractivity contribution < 1.29 is 0 Å². The zero-order valence-corrected chi connectivity index (χ0v) is 9.04. The average Bonchev–Trinajstić information content (AvgIpc) is 2.21. The van der Waals surface area contributed by atoms with Crippen LogP contribution < -0.4 is 4.90 Å². The van der Waals surface area contributed by atoms with Crippen molar-refractivity contribution >= 4 is 11.8 Å². The van der Waals surface area contributed by atoms with Gasteiger partial charge >= 0.3 is 0 Å². The highest BCUT2D eigenvalue weighted by atomic mass is 15.1. The first kappa shape index (κ1) is 11.8. The first-order valence-electron chi connectivity index (χ1n) is 4.64. The molecular weight excluding hydrogens is 158 g/mol. The van der Waals surface area contributed by atoms with Crippen LogP contribution in [0.25, 0.3) is 6.08 Å². The van der Waals surface area contributed by atoms with Crippen LogP contribution in [0.5, 0.6) is 0 Å². The van der Waals surface area contributed by atoms with Gasteiger partial charge < -0.3 is 4.90 Å². The largest absolute Gasteiger partial charge is 0.378 e. The lowest BCUT2D eigenvalue weighted by Crippen LogP contribution is -2.07. The fraction of sp³-hybridized carbons (Fsp3) is 0.333. The van der Waals surface area contributed by atoms with Gasteiger partial charge in [-0.3, -0.25) is 0 Å². The van der Waals surface area contributed by atoms with Crippen molar-refractivity contribution in [1.29, 1.82) is 0 Å². The molecule has 0 bridgehead atoms. The van der Waals surface area contributed by atoms with Gasteiger partial charge in [-0.2, -0.15) is 0 Å². The predicted octanol–water partition coefficient (Wildman–Crippen LogP) is 3.42. The molecule has 0 fully saturated rings. The quantitative estimate of drug-likeness (QED) is 0.669. The minimum atomic E-state index is 1.16. The Morgan fingerprint density at radius 2 is 1.54 bits per heavy atom. The summed E-state index contributed by atoms with van der Waals surface area (Å²) < 4.78 is 0. The van der Waals surface area contributed by atoms with E-state index in [1.807, 2.05) is 34.0 Å². The zero-order valence-electron chi connectivity index (χ0n) is 9.04. The Bertz CT molecular complexity index is 234. The maximum absolute atomic E-state index is 3.69. The summed E-state index contributed by atoms with van der Waals surface area (Å²) in [5.74, 6) is 0. The fourth-order valence-corrected chi connectivity index (χ4v) is 0.909. The summed E-state index contributed by atoms with van der Waals surface area (Å²) in [4.78, 5) is 2.08. The third kappa shape index (κ3) is 3.79. The second-order valence-corrected chi connectivity index (χ2v) is 2.69. The Balaban J connectivity index is 0.000000671. The lowest BCUT2D eigenvalue weighted by Gasteiger charge is -2.11. The van der Waals surface area contributed by atoms with Gasteiger partial charge in [-0.1, -0.05) is 38.6 Å². The smallest absolute Gasteiger partial charge is 0.0361 e. The summed E-state index contributed by atoms with van der Waals surface area (Å²) in [6.45, 7) is 7.69. The van der Waals surface area contributed by atoms with E-state index in [2.05, 4.69) is 35.7 Å². The average molecular weight is 177 g/mol. The van der Waals surface area contributed by atoms with Gasteiger partial charge in [0, 0.05) is 19.8 Å². The molecule has 0 spiro atoms. The third-order valence-electron chi connectivity index (χ3n) is 1.65. The Kier molecular flexibility index (Phi) is 5.69. The summed E-state index contributed by atoms with van der Waals surface area (Å²) >= 11 is 0. The molecule has 1 heteroatoms. The van der Waals surface area contributed by atoms with Gasteiger partial charge in [-0.25, -0.2) is 0 Å². The fourth-order valence-electron chi connectivity index (χ4n) is 0.909. The Morgan fingerprint density at radius 1 is 1.08 bits per heavy atom. The number of benzene rings is 1. The third-order valence-corrected chi connectivity index (χ3v) is 1.65. The second kappa shape index (κ2) is 6.30. The first-order chi connectivity index (χ1) is 6.24. The van der Waals surface area contributed by atoms with Gasteiger partial charge in [-0.05, 0) is 17.7 Å². The molecule has 1 aromatic carbocycles. The molecule has 1 nitrogen and oxygen atoms in total. The van der Waals surface area contributed by atoms with Crippen molar-refractivity contribution in [1.82, 2.24) is 0 Å². The van der Waals surface area contributed by atoms with Crippen LogP contribution in [-0.2, 0) is 0 Å². The van der Waals surface area contributed by atoms with Crippen LogP contribution in [0.3, 0.4) is 0 Å². The molecule has 0 saturated heterocycles. The summed E-state index contributed by atoms with van der Waals surface area (Å²) in [6, 6.07) is 8.28. The lowest BCUT2D eigenvalue weighted by molar-refractivity contribution is 1.13. The molecule has 0 amide bonds. The summed E-state index contributed by atoms with van der Waals surface area (Å²) in [6.07, 6.45) is 1.85. The molecule has 0 saturated carbocycles. The van der Waals surface area contributed by atoms with E-state index in [1.165, 1.54) is 5.69 Å². The van der Waals surface area contributed by atoms with Crippen molar-refractivity contribution in [2.75, 3.05) is 19.0 Å². The molecule has 0 aromatic heterocycles. The van der Waals surface area contributed by atoms with Gasteiger partial charge in [-0.15, -0.1) is 0 Å². The van der Waals surface area contributed by atoms with Crippen molar-refractivity contribution in [3.8, 4) is 0 Å². The van der Waals surface area contributed by atoms with E-state index in [0.29, 0.717) is 0 Å². The van der Waals surface area contributed by atoms with E-state index in [-0.39, 0.29) is 0 Å². The van der Waals surface area contributed by atoms with Crippen molar-refractivity contribution in [2.45, 2.75) is 13.8 Å². The molecule has 0 aliphatic heterocycles. The molecule has 0 atom stereocenters. The standard InChI is InChI=1S/C10H13N.C2H6/c1-4-9-5-7-10(8-6-9)11(2)3;1-2/h4-8H,1H2,2-3H3;1-2H3. The van der Waals surface area contributed by atoms with E-state index < -0.39 is 0 Å². The van der Waals surface area contributed by atoms with Gasteiger partial charge in [0.25, 0.3) is 0 Å². The highest BCUT2D eigenvalue weighted by Gasteiger charge is 1.91. The van der Waals surface area contributed by atoms with E-state index in [0.717, 1.165) is 5.56 Å². The van der Waals surface area contributed by atoms with E-state index in [9.17, 15) is 0 Å². The summed E-state index contributed by atoms with van der Waals surface area (Å²) in [7, 11) is 4.06. The minimum absolute atomic E-state index is 1.16. The maximum Gasteiger partial charge on any atom is 0.0361 e. The summed E-state index contributed by atoms with van der Waals surface area (Å²) in [5.41, 5.74) is 2.38. The van der Waals surface area contributed by atoms with Crippen LogP contribution in [-0.4, -0.2) is 14.1 Å². The van der Waals surface area contributed by atoms with Gasteiger partial charge in [0.1, 0.15) is 0 Å². The zero-order chi connectivity index (χ0) is 10.3. The van der Waals surface area contributed by atoms with E-state index in [4.69, 9.17) is 0 Å². The number of rotatable bonds is 2. The number of anilines is 1. The van der Waals surface area contributed by atoms with Crippen molar-refractivity contribution in [3.63, 3.8) is 0 Å². The van der Waals surface area contributed by atoms with Gasteiger partial charge in [0.05, 0.1) is 0 Å². The second-order valence-electron chi connectivity index (χ2n) is 2.69. The van der Waals surface area contributed by atoms with E-state index in [1.54, 1.807) is 0 Å². The molecule has 72 valence electrons. The van der Waals surface area contributed by atoms with Crippen LogP contribution >= 0.6 is 0 Å². The molecule has 13 heavy (non-hydrogen) atoms. The van der Waals surface area contributed by atoms with Crippen LogP contribution in [0.2, 0.25) is 0 Å². The number of hydrogen-bond acceptors (Lipinski definition) is 1. The molecule has 1 rings (SSSR count). The molecule has 1 aromatic rings. The monoisotopic (exact) mass is 177 g/mol. The maximum atomic E-state index is 3.69. The van der Waals surface area contributed by atoms with Crippen LogP contribution in [0.1, 0.15) is 19.4 Å². The topological polar surface area (TPSA) is 3.24 Å². The van der Waals surface area contributed by atoms with Crippen LogP contribution in [0.4, 0.5) is 5.69 Å². The molecule has 0 unspecified atom stereocenters. The highest BCUT2D eigenvalue weighted by molar-refractivity contribution is 5.54. The number of hydrogen-bond donors (Lipinski definition) is 0. The molecular formula is C12H19N. The predicted molar refractivity (Wildman–Crippen MR) is 62.2 cm³/mol. The molecule has 0 radical (unpaired) electrons. The Labute approximate surface area is 81.7 Å². The van der Waals surface area contributed by atoms with Gasteiger partial charge in [0.15, 0.2) is 0 Å². The molecule has 0 aliphatic rings. The molecule has 0 heterocycles. The van der Waals surface area contributed by atoms with E-state index >= 15 is 0 Å². The first-order valence-corrected chi connectivity index (χ1v) is 4.64. The summed E-state index contributed by atoms with van der Waals surface area (Å²) in [5, 5.41) is 0. The SMILES string of the molecule is C=Cc1ccc(N(C)C)cc1.CC. The Morgan fingerprint density at radius 3 is 1.85 bits per heavy atom. The Hall–Kier alpha value is -1.24. The highest BCUT2D eigenvalue weighted by Crippen LogP contribution is 2.12. The molecule has 0 aliphatic carbocycles. The lowest BCUT2D eigenvalue weighted by atomic mass is 10.2. The normalized spacial score (nSPS) is 8.31. The van der Waals surface area contributed by atoms with Gasteiger partial charge in [0.2, 0.25) is 0 Å². The van der Waals surface area contributed by atoms with Crippen LogP contribution in [0.15, 0.2) is 30.8 Å².